The number of benzene rings is 1. The van der Waals surface area contributed by atoms with E-state index >= 15 is 0 Å². The molecule has 3 saturated heterocycles. The molecule has 3 fully saturated rings. The van der Waals surface area contributed by atoms with Gasteiger partial charge in [0.1, 0.15) is 0 Å². The van der Waals surface area contributed by atoms with Crippen LogP contribution in [0.25, 0.3) is 10.9 Å². The van der Waals surface area contributed by atoms with E-state index in [1.807, 2.05) is 12.3 Å². The molecule has 0 aliphatic carbocycles. The van der Waals surface area contributed by atoms with Crippen molar-refractivity contribution < 1.29 is 0 Å². The molecule has 5 rings (SSSR count). The Morgan fingerprint density at radius 1 is 1.32 bits per heavy atom. The van der Waals surface area contributed by atoms with E-state index < -0.39 is 0 Å². The lowest BCUT2D eigenvalue weighted by atomic mass is 9.72. The van der Waals surface area contributed by atoms with E-state index in [2.05, 4.69) is 41.1 Å². The van der Waals surface area contributed by atoms with E-state index in [0.29, 0.717) is 6.04 Å². The van der Waals surface area contributed by atoms with Crippen LogP contribution in [0.5, 0.6) is 0 Å². The molecular formula is C19H25N3. The molecular weight excluding hydrogens is 270 g/mol. The number of pyridine rings is 1. The molecule has 1 aromatic heterocycles. The first-order valence-corrected chi connectivity index (χ1v) is 8.61. The van der Waals surface area contributed by atoms with Gasteiger partial charge in [-0.2, -0.15) is 0 Å². The highest BCUT2D eigenvalue weighted by Crippen LogP contribution is 2.41. The number of rotatable bonds is 3. The molecule has 0 amide bonds. The molecule has 116 valence electrons. The molecule has 1 aromatic carbocycles. The maximum absolute atomic E-state index is 6.74. The highest BCUT2D eigenvalue weighted by Gasteiger charge is 2.41. The summed E-state index contributed by atoms with van der Waals surface area (Å²) in [4.78, 5) is 7.12. The molecule has 0 radical (unpaired) electrons. The van der Waals surface area contributed by atoms with E-state index in [1.165, 1.54) is 43.3 Å². The third-order valence-electron chi connectivity index (χ3n) is 5.92. The number of piperidine rings is 3. The highest BCUT2D eigenvalue weighted by molar-refractivity contribution is 5.82. The summed E-state index contributed by atoms with van der Waals surface area (Å²) in [6.07, 6.45) is 5.83. The van der Waals surface area contributed by atoms with Gasteiger partial charge in [-0.25, -0.2) is 0 Å². The normalized spacial score (nSPS) is 32.3. The Labute approximate surface area is 132 Å². The first-order chi connectivity index (χ1) is 10.8. The van der Waals surface area contributed by atoms with Gasteiger partial charge in [0.25, 0.3) is 0 Å². The minimum absolute atomic E-state index is 0.0912. The molecule has 5 atom stereocenters. The fourth-order valence-electron chi connectivity index (χ4n) is 4.63. The minimum atomic E-state index is 0.0912. The van der Waals surface area contributed by atoms with Crippen LogP contribution in [-0.2, 0) is 0 Å². The lowest BCUT2D eigenvalue weighted by Gasteiger charge is -2.51. The molecule has 2 N–H and O–H groups in total. The number of hydrogen-bond acceptors (Lipinski definition) is 3. The van der Waals surface area contributed by atoms with Gasteiger partial charge in [-0.3, -0.25) is 9.88 Å². The average molecular weight is 295 g/mol. The van der Waals surface area contributed by atoms with E-state index in [0.717, 1.165) is 17.4 Å². The number of nitrogens with two attached hydrogens (primary N) is 1. The molecule has 3 heteroatoms. The van der Waals surface area contributed by atoms with Crippen LogP contribution in [0.4, 0.5) is 0 Å². The second-order valence-corrected chi connectivity index (χ2v) is 6.96. The Balaban J connectivity index is 1.66. The van der Waals surface area contributed by atoms with Crippen LogP contribution in [0, 0.1) is 11.8 Å². The third kappa shape index (κ3) is 2.24. The number of para-hydroxylation sites is 1. The fourth-order valence-corrected chi connectivity index (χ4v) is 4.63. The van der Waals surface area contributed by atoms with Crippen LogP contribution >= 0.6 is 0 Å². The van der Waals surface area contributed by atoms with Crippen LogP contribution in [0.1, 0.15) is 37.8 Å². The Bertz CT molecular complexity index is 663. The van der Waals surface area contributed by atoms with Crippen molar-refractivity contribution in [3.63, 3.8) is 0 Å². The van der Waals surface area contributed by atoms with Gasteiger partial charge in [0.15, 0.2) is 0 Å². The monoisotopic (exact) mass is 295 g/mol. The van der Waals surface area contributed by atoms with E-state index in [1.54, 1.807) is 0 Å². The molecule has 2 aromatic rings. The second kappa shape index (κ2) is 5.64. The van der Waals surface area contributed by atoms with Crippen molar-refractivity contribution in [3.05, 3.63) is 42.1 Å². The summed E-state index contributed by atoms with van der Waals surface area (Å²) >= 11 is 0. The van der Waals surface area contributed by atoms with Gasteiger partial charge in [-0.1, -0.05) is 31.5 Å². The number of hydrogen-bond donors (Lipinski definition) is 1. The Morgan fingerprint density at radius 3 is 2.95 bits per heavy atom. The molecule has 2 bridgehead atoms. The standard InChI is InChI=1S/C19H25N3/c1-2-13-12-22-10-8-14(13)11-18(22)19(20)16-7-9-21-17-6-4-3-5-15(16)17/h3-7,9,13-14,18-19H,2,8,10-12,20H2,1H3/t13?,14?,18-,19?/m0/s1. The van der Waals surface area contributed by atoms with Gasteiger partial charge in [0.2, 0.25) is 0 Å². The summed E-state index contributed by atoms with van der Waals surface area (Å²) in [5, 5.41) is 1.21. The maximum Gasteiger partial charge on any atom is 0.0705 e. The van der Waals surface area contributed by atoms with Crippen LogP contribution < -0.4 is 5.73 Å². The summed E-state index contributed by atoms with van der Waals surface area (Å²) in [5.41, 5.74) is 9.05. The van der Waals surface area contributed by atoms with Crippen molar-refractivity contribution in [1.29, 1.82) is 0 Å². The quantitative estimate of drug-likeness (QED) is 0.944. The summed E-state index contributed by atoms with van der Waals surface area (Å²) in [7, 11) is 0. The zero-order chi connectivity index (χ0) is 15.1. The van der Waals surface area contributed by atoms with Crippen LogP contribution in [0.15, 0.2) is 36.5 Å². The van der Waals surface area contributed by atoms with Crippen molar-refractivity contribution >= 4 is 10.9 Å². The SMILES string of the molecule is CCC1CN2CCC1C[C@H]2C(N)c1ccnc2ccccc12. The van der Waals surface area contributed by atoms with Gasteiger partial charge >= 0.3 is 0 Å². The fraction of sp³-hybridized carbons (Fsp3) is 0.526. The molecule has 3 nitrogen and oxygen atoms in total. The largest absolute Gasteiger partial charge is 0.323 e. The Kier molecular flexibility index (Phi) is 3.63. The van der Waals surface area contributed by atoms with Crippen molar-refractivity contribution in [2.24, 2.45) is 17.6 Å². The summed E-state index contributed by atoms with van der Waals surface area (Å²) in [6.45, 7) is 4.79. The molecule has 3 aliphatic rings. The number of aromatic nitrogens is 1. The highest BCUT2D eigenvalue weighted by atomic mass is 15.2. The molecule has 4 heterocycles. The second-order valence-electron chi connectivity index (χ2n) is 6.96. The molecule has 3 aliphatic heterocycles. The van der Waals surface area contributed by atoms with Crippen molar-refractivity contribution in [2.45, 2.75) is 38.3 Å². The third-order valence-corrected chi connectivity index (χ3v) is 5.92. The van der Waals surface area contributed by atoms with Crippen molar-refractivity contribution in [3.8, 4) is 0 Å². The zero-order valence-corrected chi connectivity index (χ0v) is 13.3. The van der Waals surface area contributed by atoms with Crippen molar-refractivity contribution in [1.82, 2.24) is 9.88 Å². The van der Waals surface area contributed by atoms with Crippen LogP contribution in [0.3, 0.4) is 0 Å². The maximum atomic E-state index is 6.74. The van der Waals surface area contributed by atoms with Crippen LogP contribution in [-0.4, -0.2) is 29.0 Å². The smallest absolute Gasteiger partial charge is 0.0705 e. The first-order valence-electron chi connectivity index (χ1n) is 8.61. The number of fused-ring (bicyclic) bond motifs is 4. The van der Waals surface area contributed by atoms with E-state index in [-0.39, 0.29) is 6.04 Å². The molecule has 22 heavy (non-hydrogen) atoms. The predicted octanol–water partition coefficient (Wildman–Crippen LogP) is 3.36. The summed E-state index contributed by atoms with van der Waals surface area (Å²) in [6, 6.07) is 11.1. The predicted molar refractivity (Wildman–Crippen MR) is 90.5 cm³/mol. The van der Waals surface area contributed by atoms with Gasteiger partial charge in [0.05, 0.1) is 5.52 Å². The summed E-state index contributed by atoms with van der Waals surface area (Å²) < 4.78 is 0. The Morgan fingerprint density at radius 2 is 2.18 bits per heavy atom. The topological polar surface area (TPSA) is 42.1 Å². The van der Waals surface area contributed by atoms with Gasteiger partial charge in [-0.05, 0) is 48.9 Å². The lowest BCUT2D eigenvalue weighted by molar-refractivity contribution is -0.0105. The lowest BCUT2D eigenvalue weighted by Crippen LogP contribution is -2.56. The minimum Gasteiger partial charge on any atom is -0.323 e. The van der Waals surface area contributed by atoms with Gasteiger partial charge in [-0.15, -0.1) is 0 Å². The molecule has 0 saturated carbocycles. The Hall–Kier alpha value is -1.45. The van der Waals surface area contributed by atoms with E-state index in [4.69, 9.17) is 5.73 Å². The molecule has 4 unspecified atom stereocenters. The number of nitrogens with zero attached hydrogens (tertiary/aromatic N) is 2. The first kappa shape index (κ1) is 14.2. The summed E-state index contributed by atoms with van der Waals surface area (Å²) in [5.74, 6) is 1.76. The van der Waals surface area contributed by atoms with Crippen molar-refractivity contribution in [2.75, 3.05) is 13.1 Å². The van der Waals surface area contributed by atoms with Gasteiger partial charge in [0, 0.05) is 30.2 Å². The molecule has 0 spiro atoms. The average Bonchev–Trinajstić information content (AvgIpc) is 2.60. The van der Waals surface area contributed by atoms with Gasteiger partial charge < -0.3 is 5.73 Å². The zero-order valence-electron chi connectivity index (χ0n) is 13.3. The van der Waals surface area contributed by atoms with E-state index in [9.17, 15) is 0 Å². The van der Waals surface area contributed by atoms with Crippen LogP contribution in [0.2, 0.25) is 0 Å².